The quantitative estimate of drug-likeness (QED) is 0.112. The molecule has 2 aliphatic heterocycles. The fraction of sp³-hybridized carbons (Fsp3) is 0.727. The van der Waals surface area contributed by atoms with E-state index in [4.69, 9.17) is 33.2 Å². The number of hydrogen-bond donors (Lipinski definition) is 2. The average molecular weight is 746 g/mol. The van der Waals surface area contributed by atoms with Gasteiger partial charge in [0.15, 0.2) is 6.10 Å². The van der Waals surface area contributed by atoms with E-state index in [0.29, 0.717) is 12.2 Å². The summed E-state index contributed by atoms with van der Waals surface area (Å²) in [5.74, 6) is -3.35. The average Bonchev–Trinajstić information content (AvgIpc) is 2.96. The van der Waals surface area contributed by atoms with Crippen LogP contribution in [0.3, 0.4) is 0 Å². The summed E-state index contributed by atoms with van der Waals surface area (Å²) in [5.41, 5.74) is -1.63. The van der Waals surface area contributed by atoms with E-state index in [9.17, 15) is 33.6 Å². The maximum atomic E-state index is 13.0. The number of thioether (sulfide) groups is 1. The monoisotopic (exact) mass is 745 g/mol. The Morgan fingerprint density at radius 1 is 0.784 bits per heavy atom. The first-order valence-corrected chi connectivity index (χ1v) is 17.6. The Morgan fingerprint density at radius 3 is 1.67 bits per heavy atom. The molecular weight excluding hydrogens is 694 g/mol. The number of carbonyl (C=O) groups is 7. The van der Waals surface area contributed by atoms with Gasteiger partial charge in [0.05, 0.1) is 11.8 Å². The van der Waals surface area contributed by atoms with E-state index in [-0.39, 0.29) is 17.0 Å². The van der Waals surface area contributed by atoms with Crippen LogP contribution in [0.25, 0.3) is 0 Å². The van der Waals surface area contributed by atoms with Crippen molar-refractivity contribution in [3.63, 3.8) is 0 Å². The lowest BCUT2D eigenvalue weighted by molar-refractivity contribution is -0.172. The van der Waals surface area contributed by atoms with Gasteiger partial charge in [0.1, 0.15) is 42.2 Å². The molecule has 2 aliphatic rings. The van der Waals surface area contributed by atoms with Crippen molar-refractivity contribution in [2.45, 2.75) is 124 Å². The largest absolute Gasteiger partial charge is 0.511 e. The molecule has 0 spiro atoms. The predicted octanol–water partition coefficient (Wildman–Crippen LogP) is 3.77. The summed E-state index contributed by atoms with van der Waals surface area (Å²) < 4.78 is 36.7. The Morgan fingerprint density at radius 2 is 1.25 bits per heavy atom. The molecule has 1 fully saturated rings. The first kappa shape index (κ1) is 42.9. The molecular formula is C33H51N3O14S. The van der Waals surface area contributed by atoms with Crippen LogP contribution in [-0.4, -0.2) is 107 Å². The van der Waals surface area contributed by atoms with Crippen LogP contribution in [-0.2, 0) is 52.3 Å². The second-order valence-corrected chi connectivity index (χ2v) is 15.6. The van der Waals surface area contributed by atoms with Crippen molar-refractivity contribution in [2.24, 2.45) is 11.8 Å². The number of fused-ring (bicyclic) bond motifs is 1. The number of esters is 3. The maximum Gasteiger partial charge on any atom is 0.511 e. The lowest BCUT2D eigenvalue weighted by Crippen LogP contribution is -2.53. The fourth-order valence-electron chi connectivity index (χ4n) is 4.37. The first-order valence-electron chi connectivity index (χ1n) is 16.5. The summed E-state index contributed by atoms with van der Waals surface area (Å²) in [7, 11) is 0. The van der Waals surface area contributed by atoms with E-state index < -0.39 is 97.0 Å². The van der Waals surface area contributed by atoms with Crippen molar-refractivity contribution in [3.05, 3.63) is 11.8 Å². The van der Waals surface area contributed by atoms with Crippen LogP contribution in [0.15, 0.2) is 11.8 Å². The Balaban J connectivity index is 2.12. The van der Waals surface area contributed by atoms with Crippen LogP contribution >= 0.6 is 11.8 Å². The van der Waals surface area contributed by atoms with Gasteiger partial charge in [0.2, 0.25) is 12.2 Å². The van der Waals surface area contributed by atoms with E-state index in [2.05, 4.69) is 10.6 Å². The van der Waals surface area contributed by atoms with Crippen molar-refractivity contribution in [1.29, 1.82) is 0 Å². The minimum atomic E-state index is -1.48. The summed E-state index contributed by atoms with van der Waals surface area (Å²) in [4.78, 5) is 89.6. The second-order valence-electron chi connectivity index (χ2n) is 14.4. The van der Waals surface area contributed by atoms with Crippen LogP contribution in [0.2, 0.25) is 0 Å². The number of nitrogens with zero attached hydrogens (tertiary/aromatic N) is 1. The number of carbonyl (C=O) groups excluding carboxylic acids is 7. The lowest BCUT2D eigenvalue weighted by Gasteiger charge is -2.42. The first-order chi connectivity index (χ1) is 23.5. The van der Waals surface area contributed by atoms with E-state index in [0.717, 1.165) is 0 Å². The standard InChI is InChI=1S/C33H51N3O14S/c1-17(2)24(34-29(41)49-32(6,7)8)27(39)44-15-20(16-45-28(40)25(18(3)4)35-30(42)50-33(9,10)11)48-31(43)47-19(5)46-26(38)21-12-13-51-23-14-22(37)36(21)23/h12,17-20,23-25H,13-16H2,1-11H3,(H,34,41)(H,35,42)/t19?,23-,24-,25-/m0/s1. The number of amides is 3. The molecule has 288 valence electrons. The van der Waals surface area contributed by atoms with Gasteiger partial charge in [-0.3, -0.25) is 9.69 Å². The molecule has 0 bridgehead atoms. The Labute approximate surface area is 302 Å². The van der Waals surface area contributed by atoms with E-state index in [1.807, 2.05) is 0 Å². The molecule has 0 saturated carbocycles. The minimum absolute atomic E-state index is 0.0370. The fourth-order valence-corrected chi connectivity index (χ4v) is 5.49. The third kappa shape index (κ3) is 14.5. The summed E-state index contributed by atoms with van der Waals surface area (Å²) >= 11 is 1.49. The van der Waals surface area contributed by atoms with Crippen molar-refractivity contribution < 1.29 is 66.7 Å². The Kier molecular flexibility index (Phi) is 15.4. The third-order valence-electron chi connectivity index (χ3n) is 6.75. The number of ether oxygens (including phenoxy) is 7. The summed E-state index contributed by atoms with van der Waals surface area (Å²) in [5, 5.41) is 4.73. The van der Waals surface area contributed by atoms with Crippen LogP contribution in [0.1, 0.15) is 82.6 Å². The zero-order valence-electron chi connectivity index (χ0n) is 31.0. The summed E-state index contributed by atoms with van der Waals surface area (Å²) in [6, 6.07) is -2.33. The SMILES string of the molecule is CC(OC(=O)OC(COC(=O)[C@@H](NC(=O)OC(C)(C)C)C(C)C)COC(=O)[C@@H](NC(=O)OC(C)(C)C)C(C)C)OC(=O)C1=CCS[C@H]2CC(=O)N12. The molecule has 2 rings (SSSR count). The normalized spacial score (nSPS) is 17.5. The smallest absolute Gasteiger partial charge is 0.460 e. The van der Waals surface area contributed by atoms with Gasteiger partial charge in [-0.15, -0.1) is 11.8 Å². The van der Waals surface area contributed by atoms with Gasteiger partial charge >= 0.3 is 36.2 Å². The molecule has 0 aromatic rings. The highest BCUT2D eigenvalue weighted by Gasteiger charge is 2.44. The minimum Gasteiger partial charge on any atom is -0.460 e. The van der Waals surface area contributed by atoms with Gasteiger partial charge in [-0.1, -0.05) is 27.7 Å². The number of alkyl carbamates (subject to hydrolysis) is 2. The molecule has 1 unspecified atom stereocenters. The van der Waals surface area contributed by atoms with Crippen LogP contribution in [0.4, 0.5) is 14.4 Å². The molecule has 18 heteroatoms. The molecule has 4 atom stereocenters. The number of β-lactam (4-membered cyclic amide) rings is 1. The van der Waals surface area contributed by atoms with E-state index in [1.54, 1.807) is 69.2 Å². The topological polar surface area (TPSA) is 211 Å². The maximum absolute atomic E-state index is 13.0. The van der Waals surface area contributed by atoms with Crippen LogP contribution in [0.5, 0.6) is 0 Å². The van der Waals surface area contributed by atoms with Gasteiger partial charge in [-0.25, -0.2) is 28.8 Å². The zero-order valence-corrected chi connectivity index (χ0v) is 31.8. The van der Waals surface area contributed by atoms with Gasteiger partial charge in [-0.2, -0.15) is 0 Å². The molecule has 0 aromatic heterocycles. The Hall–Kier alpha value is -4.22. The molecule has 0 radical (unpaired) electrons. The van der Waals surface area contributed by atoms with Gasteiger partial charge in [-0.05, 0) is 59.5 Å². The number of nitrogens with one attached hydrogen (secondary N) is 2. The molecule has 0 aliphatic carbocycles. The number of hydrogen-bond acceptors (Lipinski definition) is 15. The summed E-state index contributed by atoms with van der Waals surface area (Å²) in [6.45, 7) is 16.5. The van der Waals surface area contributed by atoms with Crippen LogP contribution < -0.4 is 10.6 Å². The van der Waals surface area contributed by atoms with Gasteiger partial charge in [0, 0.05) is 12.7 Å². The Bertz CT molecular complexity index is 1280. The van der Waals surface area contributed by atoms with Crippen molar-refractivity contribution in [3.8, 4) is 0 Å². The molecule has 0 aromatic carbocycles. The molecule has 1 saturated heterocycles. The predicted molar refractivity (Wildman–Crippen MR) is 181 cm³/mol. The zero-order chi connectivity index (χ0) is 38.8. The number of rotatable bonds is 14. The van der Waals surface area contributed by atoms with Crippen molar-refractivity contribution in [2.75, 3.05) is 19.0 Å². The molecule has 51 heavy (non-hydrogen) atoms. The highest BCUT2D eigenvalue weighted by molar-refractivity contribution is 8.00. The van der Waals surface area contributed by atoms with Crippen molar-refractivity contribution >= 4 is 53.9 Å². The molecule has 3 amide bonds. The summed E-state index contributed by atoms with van der Waals surface area (Å²) in [6.07, 6.45) is -4.20. The van der Waals surface area contributed by atoms with Crippen molar-refractivity contribution in [1.82, 2.24) is 15.5 Å². The lowest BCUT2D eigenvalue weighted by atomic mass is 10.1. The third-order valence-corrected chi connectivity index (χ3v) is 7.87. The van der Waals surface area contributed by atoms with E-state index in [1.165, 1.54) is 29.7 Å². The van der Waals surface area contributed by atoms with Crippen LogP contribution in [0, 0.1) is 11.8 Å². The molecule has 2 N–H and O–H groups in total. The highest BCUT2D eigenvalue weighted by Crippen LogP contribution is 2.37. The van der Waals surface area contributed by atoms with E-state index >= 15 is 0 Å². The molecule has 2 heterocycles. The molecule has 17 nitrogen and oxygen atoms in total. The highest BCUT2D eigenvalue weighted by atomic mass is 32.2. The van der Waals surface area contributed by atoms with Gasteiger partial charge < -0.3 is 43.8 Å². The van der Waals surface area contributed by atoms with Gasteiger partial charge in [0.25, 0.3) is 0 Å². The second kappa shape index (κ2) is 18.3.